The summed E-state index contributed by atoms with van der Waals surface area (Å²) in [5.74, 6) is -0.0228. The van der Waals surface area contributed by atoms with Gasteiger partial charge in [-0.15, -0.1) is 0 Å². The molecule has 98 valence electrons. The lowest BCUT2D eigenvalue weighted by molar-refractivity contribution is -0.124. The Balaban J connectivity index is 1.98. The second-order valence-electron chi connectivity index (χ2n) is 4.70. The number of nitrogens with one attached hydrogen (secondary N) is 2. The number of aliphatic hydroxyl groups excluding tert-OH is 1. The molecule has 0 radical (unpaired) electrons. The first-order valence-corrected chi connectivity index (χ1v) is 6.46. The summed E-state index contributed by atoms with van der Waals surface area (Å²) >= 11 is 0. The van der Waals surface area contributed by atoms with E-state index in [1.165, 1.54) is 11.1 Å². The maximum atomic E-state index is 12.1. The number of fused-ring (bicyclic) bond motifs is 1. The van der Waals surface area contributed by atoms with Crippen LogP contribution in [0.1, 0.15) is 24.5 Å². The van der Waals surface area contributed by atoms with Gasteiger partial charge in [-0.25, -0.2) is 0 Å². The van der Waals surface area contributed by atoms with Crippen LogP contribution in [0.5, 0.6) is 0 Å². The molecular weight excluding hydrogens is 228 g/mol. The average Bonchev–Trinajstić information content (AvgIpc) is 2.44. The number of amides is 1. The fourth-order valence-electron chi connectivity index (χ4n) is 2.22. The van der Waals surface area contributed by atoms with Gasteiger partial charge in [0.1, 0.15) is 0 Å². The van der Waals surface area contributed by atoms with Crippen LogP contribution in [0.3, 0.4) is 0 Å². The highest BCUT2D eigenvalue weighted by Gasteiger charge is 2.24. The maximum absolute atomic E-state index is 12.1. The van der Waals surface area contributed by atoms with Crippen LogP contribution >= 0.6 is 0 Å². The van der Waals surface area contributed by atoms with Crippen LogP contribution in [0, 0.1) is 0 Å². The molecule has 0 aromatic heterocycles. The second-order valence-corrected chi connectivity index (χ2v) is 4.70. The van der Waals surface area contributed by atoms with Crippen molar-refractivity contribution in [3.63, 3.8) is 0 Å². The molecule has 0 fully saturated rings. The highest BCUT2D eigenvalue weighted by Crippen LogP contribution is 2.16. The normalized spacial score (nSPS) is 20.0. The van der Waals surface area contributed by atoms with Crippen molar-refractivity contribution in [1.29, 1.82) is 0 Å². The molecule has 1 aromatic rings. The third kappa shape index (κ3) is 2.89. The van der Waals surface area contributed by atoms with E-state index < -0.39 is 0 Å². The van der Waals surface area contributed by atoms with E-state index in [2.05, 4.69) is 22.8 Å². The van der Waals surface area contributed by atoms with Crippen molar-refractivity contribution >= 4 is 5.91 Å². The third-order valence-corrected chi connectivity index (χ3v) is 3.46. The molecule has 4 nitrogen and oxygen atoms in total. The van der Waals surface area contributed by atoms with E-state index in [4.69, 9.17) is 5.11 Å². The molecular formula is C14H20N2O2. The van der Waals surface area contributed by atoms with Gasteiger partial charge >= 0.3 is 0 Å². The quantitative estimate of drug-likeness (QED) is 0.731. The number of aliphatic hydroxyl groups is 1. The topological polar surface area (TPSA) is 61.4 Å². The Labute approximate surface area is 107 Å². The molecule has 0 saturated carbocycles. The van der Waals surface area contributed by atoms with Gasteiger partial charge in [0.05, 0.1) is 18.7 Å². The molecule has 2 unspecified atom stereocenters. The highest BCUT2D eigenvalue weighted by atomic mass is 16.3. The van der Waals surface area contributed by atoms with E-state index in [-0.39, 0.29) is 24.6 Å². The standard InChI is InChI=1S/C14H20N2O2/c1-2-12(9-17)16-14(18)13-7-10-5-3-4-6-11(10)8-15-13/h3-6,12-13,15,17H,2,7-9H2,1H3,(H,16,18). The van der Waals surface area contributed by atoms with Crippen molar-refractivity contribution in [3.05, 3.63) is 35.4 Å². The first-order chi connectivity index (χ1) is 8.74. The lowest BCUT2D eigenvalue weighted by Crippen LogP contribution is -2.51. The average molecular weight is 248 g/mol. The number of carbonyl (C=O) groups excluding carboxylic acids is 1. The van der Waals surface area contributed by atoms with E-state index in [9.17, 15) is 4.79 Å². The SMILES string of the molecule is CCC(CO)NC(=O)C1Cc2ccccc2CN1. The van der Waals surface area contributed by atoms with Crippen molar-refractivity contribution in [2.75, 3.05) is 6.61 Å². The molecule has 0 bridgehead atoms. The van der Waals surface area contributed by atoms with Gasteiger partial charge in [0.25, 0.3) is 0 Å². The van der Waals surface area contributed by atoms with Crippen LogP contribution in [-0.4, -0.2) is 29.7 Å². The Morgan fingerprint density at radius 2 is 2.22 bits per heavy atom. The van der Waals surface area contributed by atoms with Crippen molar-refractivity contribution in [2.24, 2.45) is 0 Å². The lowest BCUT2D eigenvalue weighted by atomic mass is 9.95. The number of rotatable bonds is 4. The molecule has 1 aliphatic rings. The molecule has 1 aliphatic heterocycles. The summed E-state index contributed by atoms with van der Waals surface area (Å²) in [5.41, 5.74) is 2.49. The van der Waals surface area contributed by atoms with Crippen LogP contribution in [0.15, 0.2) is 24.3 Å². The van der Waals surface area contributed by atoms with Crippen LogP contribution in [-0.2, 0) is 17.8 Å². The summed E-state index contributed by atoms with van der Waals surface area (Å²) in [7, 11) is 0. The van der Waals surface area contributed by atoms with Gasteiger partial charge < -0.3 is 15.7 Å². The smallest absolute Gasteiger partial charge is 0.237 e. The molecule has 4 heteroatoms. The maximum Gasteiger partial charge on any atom is 0.237 e. The van der Waals surface area contributed by atoms with Gasteiger partial charge in [0.15, 0.2) is 0 Å². The number of hydrogen-bond acceptors (Lipinski definition) is 3. The predicted molar refractivity (Wildman–Crippen MR) is 70.1 cm³/mol. The van der Waals surface area contributed by atoms with Gasteiger partial charge in [-0.1, -0.05) is 31.2 Å². The zero-order chi connectivity index (χ0) is 13.0. The van der Waals surface area contributed by atoms with Gasteiger partial charge in [-0.05, 0) is 24.0 Å². The first-order valence-electron chi connectivity index (χ1n) is 6.46. The zero-order valence-electron chi connectivity index (χ0n) is 10.6. The molecule has 2 rings (SSSR count). The van der Waals surface area contributed by atoms with Gasteiger partial charge in [-0.3, -0.25) is 4.79 Å². The number of carbonyl (C=O) groups is 1. The van der Waals surface area contributed by atoms with Crippen molar-refractivity contribution in [1.82, 2.24) is 10.6 Å². The molecule has 0 saturated heterocycles. The number of hydrogen-bond donors (Lipinski definition) is 3. The molecule has 3 N–H and O–H groups in total. The minimum atomic E-state index is -0.194. The Hall–Kier alpha value is -1.39. The largest absolute Gasteiger partial charge is 0.394 e. The number of benzene rings is 1. The molecule has 0 aliphatic carbocycles. The molecule has 1 heterocycles. The van der Waals surface area contributed by atoms with Crippen molar-refractivity contribution in [3.8, 4) is 0 Å². The van der Waals surface area contributed by atoms with Crippen molar-refractivity contribution < 1.29 is 9.90 Å². The summed E-state index contributed by atoms with van der Waals surface area (Å²) in [6.07, 6.45) is 1.45. The van der Waals surface area contributed by atoms with E-state index in [0.29, 0.717) is 6.42 Å². The molecule has 18 heavy (non-hydrogen) atoms. The Kier molecular flexibility index (Phi) is 4.33. The second kappa shape index (κ2) is 5.98. The summed E-state index contributed by atoms with van der Waals surface area (Å²) in [4.78, 5) is 12.1. The summed E-state index contributed by atoms with van der Waals surface area (Å²) in [6, 6.07) is 7.83. The van der Waals surface area contributed by atoms with E-state index in [0.717, 1.165) is 13.0 Å². The molecule has 1 amide bonds. The lowest BCUT2D eigenvalue weighted by Gasteiger charge is -2.26. The van der Waals surface area contributed by atoms with E-state index >= 15 is 0 Å². The zero-order valence-corrected chi connectivity index (χ0v) is 10.6. The van der Waals surface area contributed by atoms with Crippen LogP contribution in [0.25, 0.3) is 0 Å². The third-order valence-electron chi connectivity index (χ3n) is 3.46. The summed E-state index contributed by atoms with van der Waals surface area (Å²) < 4.78 is 0. The predicted octanol–water partition coefficient (Wildman–Crippen LogP) is 0.588. The minimum absolute atomic E-state index is 0.00839. The van der Waals surface area contributed by atoms with Gasteiger partial charge in [-0.2, -0.15) is 0 Å². The summed E-state index contributed by atoms with van der Waals surface area (Å²) in [6.45, 7) is 2.67. The van der Waals surface area contributed by atoms with Crippen LogP contribution < -0.4 is 10.6 Å². The Morgan fingerprint density at radius 3 is 2.89 bits per heavy atom. The minimum Gasteiger partial charge on any atom is -0.394 e. The fourth-order valence-corrected chi connectivity index (χ4v) is 2.22. The van der Waals surface area contributed by atoms with Crippen LogP contribution in [0.2, 0.25) is 0 Å². The van der Waals surface area contributed by atoms with Gasteiger partial charge in [0.2, 0.25) is 5.91 Å². The van der Waals surface area contributed by atoms with Crippen molar-refractivity contribution in [2.45, 2.75) is 38.4 Å². The Morgan fingerprint density at radius 1 is 1.50 bits per heavy atom. The fraction of sp³-hybridized carbons (Fsp3) is 0.500. The first kappa shape index (κ1) is 13.1. The monoisotopic (exact) mass is 248 g/mol. The van der Waals surface area contributed by atoms with E-state index in [1.807, 2.05) is 19.1 Å². The van der Waals surface area contributed by atoms with Gasteiger partial charge in [0, 0.05) is 6.54 Å². The summed E-state index contributed by atoms with van der Waals surface area (Å²) in [5, 5.41) is 15.2. The Bertz CT molecular complexity index is 416. The highest BCUT2D eigenvalue weighted by molar-refractivity contribution is 5.82. The van der Waals surface area contributed by atoms with E-state index in [1.54, 1.807) is 0 Å². The van der Waals surface area contributed by atoms with Crippen LogP contribution in [0.4, 0.5) is 0 Å². The molecule has 1 aromatic carbocycles. The molecule has 0 spiro atoms. The molecule has 2 atom stereocenters.